The number of nitrogen functional groups attached to an aromatic ring is 1. The molecule has 1 amide bonds. The highest BCUT2D eigenvalue weighted by molar-refractivity contribution is 5.80. The van der Waals surface area contributed by atoms with E-state index in [1.807, 2.05) is 20.8 Å². The van der Waals surface area contributed by atoms with Crippen LogP contribution >= 0.6 is 0 Å². The monoisotopic (exact) mass is 252 g/mol. The van der Waals surface area contributed by atoms with Crippen LogP contribution in [0.15, 0.2) is 6.33 Å². The Kier molecular flexibility index (Phi) is 5.31. The molecule has 0 saturated heterocycles. The Bertz CT molecular complexity index is 407. The molecule has 0 unspecified atom stereocenters. The van der Waals surface area contributed by atoms with E-state index in [0.717, 1.165) is 5.56 Å². The number of anilines is 2. The van der Waals surface area contributed by atoms with E-state index >= 15 is 0 Å². The van der Waals surface area contributed by atoms with Gasteiger partial charge in [-0.3, -0.25) is 4.79 Å². The molecule has 1 heterocycles. The molecule has 0 aliphatic heterocycles. The third-order valence-corrected chi connectivity index (χ3v) is 2.34. The van der Waals surface area contributed by atoms with Crippen LogP contribution in [-0.4, -0.2) is 29.0 Å². The number of carbonyl (C=O) groups excluding carboxylic acids is 1. The first-order valence-corrected chi connectivity index (χ1v) is 5.83. The zero-order chi connectivity index (χ0) is 13.5. The molecule has 1 aromatic heterocycles. The Labute approximate surface area is 107 Å². The van der Waals surface area contributed by atoms with Crippen LogP contribution in [0.25, 0.3) is 0 Å². The highest BCUT2D eigenvalue weighted by Crippen LogP contribution is 2.16. The van der Waals surface area contributed by atoms with Crippen LogP contribution in [0.4, 0.5) is 11.6 Å². The smallest absolute Gasteiger partial charge is 0.239 e. The Balaban J connectivity index is 2.51. The number of rotatable bonds is 6. The number of amides is 1. The molecule has 0 aliphatic rings. The fourth-order valence-corrected chi connectivity index (χ4v) is 1.32. The van der Waals surface area contributed by atoms with Gasteiger partial charge in [-0.25, -0.2) is 15.8 Å². The van der Waals surface area contributed by atoms with Crippen LogP contribution in [0, 0.1) is 12.8 Å². The summed E-state index contributed by atoms with van der Waals surface area (Å²) >= 11 is 0. The highest BCUT2D eigenvalue weighted by atomic mass is 16.1. The summed E-state index contributed by atoms with van der Waals surface area (Å²) in [5.41, 5.74) is 3.25. The van der Waals surface area contributed by atoms with Crippen molar-refractivity contribution < 1.29 is 4.79 Å². The summed E-state index contributed by atoms with van der Waals surface area (Å²) in [6.07, 6.45) is 1.39. The second-order valence-electron chi connectivity index (χ2n) is 4.39. The summed E-state index contributed by atoms with van der Waals surface area (Å²) in [5, 5.41) is 5.77. The third kappa shape index (κ3) is 4.17. The van der Waals surface area contributed by atoms with Gasteiger partial charge in [-0.2, -0.15) is 0 Å². The van der Waals surface area contributed by atoms with Crippen molar-refractivity contribution in [2.45, 2.75) is 20.8 Å². The number of nitrogens with one attached hydrogen (secondary N) is 3. The van der Waals surface area contributed by atoms with Crippen molar-refractivity contribution in [3.8, 4) is 0 Å². The molecule has 0 atom stereocenters. The summed E-state index contributed by atoms with van der Waals surface area (Å²) in [5.74, 6) is 6.81. The lowest BCUT2D eigenvalue weighted by molar-refractivity contribution is -0.119. The topological polar surface area (TPSA) is 105 Å². The lowest BCUT2D eigenvalue weighted by Gasteiger charge is -2.11. The number of aromatic nitrogens is 2. The molecule has 7 heteroatoms. The quantitative estimate of drug-likeness (QED) is 0.427. The Morgan fingerprint density at radius 1 is 1.39 bits per heavy atom. The minimum absolute atomic E-state index is 0.0658. The molecule has 0 fully saturated rings. The summed E-state index contributed by atoms with van der Waals surface area (Å²) < 4.78 is 0. The molecular formula is C11H20N6O. The van der Waals surface area contributed by atoms with Crippen molar-refractivity contribution >= 4 is 17.5 Å². The maximum atomic E-state index is 11.5. The van der Waals surface area contributed by atoms with Crippen LogP contribution in [-0.2, 0) is 4.79 Å². The number of carbonyl (C=O) groups is 1. The summed E-state index contributed by atoms with van der Waals surface area (Å²) in [6.45, 7) is 6.75. The fourth-order valence-electron chi connectivity index (χ4n) is 1.32. The molecule has 100 valence electrons. The first-order chi connectivity index (χ1) is 8.54. The van der Waals surface area contributed by atoms with Gasteiger partial charge in [0.25, 0.3) is 0 Å². The predicted molar refractivity (Wildman–Crippen MR) is 70.9 cm³/mol. The van der Waals surface area contributed by atoms with Gasteiger partial charge in [-0.05, 0) is 12.8 Å². The van der Waals surface area contributed by atoms with Crippen molar-refractivity contribution in [1.29, 1.82) is 0 Å². The van der Waals surface area contributed by atoms with Gasteiger partial charge in [0.1, 0.15) is 18.0 Å². The highest BCUT2D eigenvalue weighted by Gasteiger charge is 2.07. The summed E-state index contributed by atoms with van der Waals surface area (Å²) in [7, 11) is 0. The standard InChI is InChI=1S/C11H20N6O/c1-7(2)4-13-9(18)5-14-10-8(3)11(17-12)16-6-15-10/h6-7H,4-5,12H2,1-3H3,(H,13,18)(H2,14,15,16,17). The number of hydrogen-bond acceptors (Lipinski definition) is 6. The van der Waals surface area contributed by atoms with E-state index in [0.29, 0.717) is 24.1 Å². The molecular weight excluding hydrogens is 232 g/mol. The molecule has 0 radical (unpaired) electrons. The molecule has 0 aromatic carbocycles. The predicted octanol–water partition coefficient (Wildman–Crippen LogP) is 0.255. The first-order valence-electron chi connectivity index (χ1n) is 5.83. The molecule has 0 aliphatic carbocycles. The lowest BCUT2D eigenvalue weighted by Crippen LogP contribution is -2.32. The maximum Gasteiger partial charge on any atom is 0.239 e. The van der Waals surface area contributed by atoms with E-state index in [9.17, 15) is 4.79 Å². The Morgan fingerprint density at radius 3 is 2.67 bits per heavy atom. The molecule has 1 aromatic rings. The molecule has 5 N–H and O–H groups in total. The van der Waals surface area contributed by atoms with E-state index in [4.69, 9.17) is 5.84 Å². The molecule has 0 spiro atoms. The van der Waals surface area contributed by atoms with Crippen LogP contribution < -0.4 is 21.9 Å². The number of hydrazine groups is 1. The fraction of sp³-hybridized carbons (Fsp3) is 0.545. The van der Waals surface area contributed by atoms with Gasteiger partial charge in [-0.15, -0.1) is 0 Å². The van der Waals surface area contributed by atoms with Crippen molar-refractivity contribution in [1.82, 2.24) is 15.3 Å². The molecule has 1 rings (SSSR count). The van der Waals surface area contributed by atoms with Gasteiger partial charge in [0.05, 0.1) is 6.54 Å². The van der Waals surface area contributed by atoms with Crippen molar-refractivity contribution in [3.63, 3.8) is 0 Å². The van der Waals surface area contributed by atoms with Gasteiger partial charge in [0, 0.05) is 12.1 Å². The SMILES string of the molecule is Cc1c(NN)ncnc1NCC(=O)NCC(C)C. The first kappa shape index (κ1) is 14.2. The Morgan fingerprint density at radius 2 is 2.06 bits per heavy atom. The second kappa shape index (κ2) is 6.75. The maximum absolute atomic E-state index is 11.5. The molecule has 0 bridgehead atoms. The largest absolute Gasteiger partial charge is 0.361 e. The number of nitrogens with two attached hydrogens (primary N) is 1. The molecule has 18 heavy (non-hydrogen) atoms. The van der Waals surface area contributed by atoms with Crippen LogP contribution in [0.5, 0.6) is 0 Å². The van der Waals surface area contributed by atoms with Gasteiger partial charge >= 0.3 is 0 Å². The minimum Gasteiger partial charge on any atom is -0.361 e. The van der Waals surface area contributed by atoms with Crippen molar-refractivity contribution in [2.75, 3.05) is 23.8 Å². The normalized spacial score (nSPS) is 10.3. The van der Waals surface area contributed by atoms with Crippen molar-refractivity contribution in [3.05, 3.63) is 11.9 Å². The number of nitrogens with zero attached hydrogens (tertiary/aromatic N) is 2. The summed E-state index contributed by atoms with van der Waals surface area (Å²) in [6, 6.07) is 0. The minimum atomic E-state index is -0.0658. The average molecular weight is 252 g/mol. The van der Waals surface area contributed by atoms with Crippen LogP contribution in [0.3, 0.4) is 0 Å². The van der Waals surface area contributed by atoms with Crippen molar-refractivity contribution in [2.24, 2.45) is 11.8 Å². The van der Waals surface area contributed by atoms with E-state index in [-0.39, 0.29) is 12.5 Å². The second-order valence-corrected chi connectivity index (χ2v) is 4.39. The zero-order valence-electron chi connectivity index (χ0n) is 10.9. The Hall–Kier alpha value is -1.89. The van der Waals surface area contributed by atoms with Gasteiger partial charge < -0.3 is 16.1 Å². The third-order valence-electron chi connectivity index (χ3n) is 2.34. The molecule has 7 nitrogen and oxygen atoms in total. The van der Waals surface area contributed by atoms with E-state index in [1.165, 1.54) is 6.33 Å². The van der Waals surface area contributed by atoms with Crippen LogP contribution in [0.2, 0.25) is 0 Å². The van der Waals surface area contributed by atoms with Gasteiger partial charge in [0.2, 0.25) is 5.91 Å². The van der Waals surface area contributed by atoms with Gasteiger partial charge in [0.15, 0.2) is 0 Å². The lowest BCUT2D eigenvalue weighted by atomic mass is 10.2. The average Bonchev–Trinajstić information content (AvgIpc) is 2.35. The molecule has 0 saturated carbocycles. The zero-order valence-corrected chi connectivity index (χ0v) is 10.9. The summed E-state index contributed by atoms with van der Waals surface area (Å²) in [4.78, 5) is 19.5. The van der Waals surface area contributed by atoms with E-state index < -0.39 is 0 Å². The number of hydrogen-bond donors (Lipinski definition) is 4. The van der Waals surface area contributed by atoms with E-state index in [1.54, 1.807) is 0 Å². The van der Waals surface area contributed by atoms with Gasteiger partial charge in [-0.1, -0.05) is 13.8 Å². The van der Waals surface area contributed by atoms with Crippen LogP contribution in [0.1, 0.15) is 19.4 Å². The van der Waals surface area contributed by atoms with E-state index in [2.05, 4.69) is 26.0 Å².